The van der Waals surface area contributed by atoms with Crippen LogP contribution in [0, 0.1) is 5.41 Å². The zero-order valence-corrected chi connectivity index (χ0v) is 17.6. The maximum atomic E-state index is 10.8. The lowest BCUT2D eigenvalue weighted by Gasteiger charge is -2.34. The van der Waals surface area contributed by atoms with E-state index in [9.17, 15) is 5.11 Å². The first-order valence-electron chi connectivity index (χ1n) is 10.1. The van der Waals surface area contributed by atoms with Crippen LogP contribution in [0.5, 0.6) is 5.75 Å². The summed E-state index contributed by atoms with van der Waals surface area (Å²) in [7, 11) is 1.65. The number of nitrogens with zero attached hydrogens (tertiary/aromatic N) is 2. The van der Waals surface area contributed by atoms with E-state index in [1.54, 1.807) is 7.11 Å². The summed E-state index contributed by atoms with van der Waals surface area (Å²) < 4.78 is 5.22. The lowest BCUT2D eigenvalue weighted by atomic mass is 9.87. The van der Waals surface area contributed by atoms with E-state index in [1.807, 2.05) is 34.5 Å². The molecular formula is C24H23N3O2S. The molecule has 0 fully saturated rings. The second kappa shape index (κ2) is 7.61. The van der Waals surface area contributed by atoms with Gasteiger partial charge in [-0.25, -0.2) is 4.98 Å². The highest BCUT2D eigenvalue weighted by atomic mass is 32.1. The molecule has 0 saturated carbocycles. The Morgan fingerprint density at radius 1 is 1.17 bits per heavy atom. The number of rotatable bonds is 4. The van der Waals surface area contributed by atoms with Crippen LogP contribution >= 0.6 is 11.3 Å². The Kier molecular flexibility index (Phi) is 4.79. The fourth-order valence-corrected chi connectivity index (χ4v) is 5.32. The molecule has 2 aliphatic rings. The number of aromatic nitrogens is 1. The van der Waals surface area contributed by atoms with Crippen molar-refractivity contribution in [1.29, 1.82) is 5.41 Å². The average Bonchev–Trinajstić information content (AvgIpc) is 3.37. The van der Waals surface area contributed by atoms with Crippen molar-refractivity contribution in [3.05, 3.63) is 75.8 Å². The highest BCUT2D eigenvalue weighted by Gasteiger charge is 2.36. The van der Waals surface area contributed by atoms with Gasteiger partial charge in [-0.1, -0.05) is 24.3 Å². The summed E-state index contributed by atoms with van der Waals surface area (Å²) in [4.78, 5) is 6.76. The predicted molar refractivity (Wildman–Crippen MR) is 120 cm³/mol. The van der Waals surface area contributed by atoms with Crippen LogP contribution in [-0.4, -0.2) is 34.5 Å². The molecular weight excluding hydrogens is 394 g/mol. The summed E-state index contributed by atoms with van der Waals surface area (Å²) in [6.07, 6.45) is 3.17. The van der Waals surface area contributed by atoms with Gasteiger partial charge in [-0.3, -0.25) is 5.41 Å². The van der Waals surface area contributed by atoms with Crippen LogP contribution in [-0.2, 0) is 6.42 Å². The van der Waals surface area contributed by atoms with Crippen molar-refractivity contribution in [2.45, 2.75) is 25.3 Å². The number of benzene rings is 2. The van der Waals surface area contributed by atoms with Gasteiger partial charge in [0.25, 0.3) is 0 Å². The van der Waals surface area contributed by atoms with Gasteiger partial charge in [0.2, 0.25) is 0 Å². The number of methoxy groups -OCH3 is 1. The number of aliphatic hydroxyl groups excluding tert-OH is 1. The molecule has 5 nitrogen and oxygen atoms in total. The zero-order valence-electron chi connectivity index (χ0n) is 16.8. The molecule has 0 unspecified atom stereocenters. The van der Waals surface area contributed by atoms with E-state index in [-0.39, 0.29) is 11.8 Å². The Balaban J connectivity index is 1.42. The summed E-state index contributed by atoms with van der Waals surface area (Å²) in [5.41, 5.74) is 5.02. The number of hydrogen-bond donors (Lipinski definition) is 2. The molecule has 6 heteroatoms. The van der Waals surface area contributed by atoms with E-state index < -0.39 is 0 Å². The zero-order chi connectivity index (χ0) is 20.7. The molecule has 0 bridgehead atoms. The highest BCUT2D eigenvalue weighted by molar-refractivity contribution is 7.11. The molecule has 2 N–H and O–H groups in total. The van der Waals surface area contributed by atoms with Gasteiger partial charge >= 0.3 is 0 Å². The summed E-state index contributed by atoms with van der Waals surface area (Å²) >= 11 is 1.47. The summed E-state index contributed by atoms with van der Waals surface area (Å²) in [6, 6.07) is 16.4. The molecule has 2 aromatic carbocycles. The van der Waals surface area contributed by atoms with E-state index in [0.717, 1.165) is 36.3 Å². The molecule has 0 saturated heterocycles. The van der Waals surface area contributed by atoms with Crippen LogP contribution < -0.4 is 4.74 Å². The smallest absolute Gasteiger partial charge is 0.135 e. The predicted octanol–water partition coefficient (Wildman–Crippen LogP) is 5.46. The number of aliphatic hydroxyl groups is 1. The third-order valence-electron chi connectivity index (χ3n) is 5.95. The third-order valence-corrected chi connectivity index (χ3v) is 6.81. The Bertz CT molecular complexity index is 1130. The summed E-state index contributed by atoms with van der Waals surface area (Å²) in [6.45, 7) is 0.366. The van der Waals surface area contributed by atoms with Gasteiger partial charge in [-0.05, 0) is 54.7 Å². The molecule has 0 radical (unpaired) electrons. The number of aryl methyl sites for hydroxylation is 1. The standard InChI is InChI=1S/C24H23N3O2S/c1-29-17-11-9-16(10-12-17)19-14-30-24(26-19)22-21(28)13-27(23(22)25)20-8-4-6-15-5-2-3-7-18(15)20/h2-3,5,7,9-12,14,20,25,28H,4,6,8,13H2,1H3/t20-/m0/s1. The van der Waals surface area contributed by atoms with Gasteiger partial charge in [-0.15, -0.1) is 11.3 Å². The van der Waals surface area contributed by atoms with Crippen LogP contribution in [0.3, 0.4) is 0 Å². The Hall–Kier alpha value is -3.12. The Labute approximate surface area is 179 Å². The molecule has 2 heterocycles. The first kappa shape index (κ1) is 18.9. The number of thiazole rings is 1. The highest BCUT2D eigenvalue weighted by Crippen LogP contribution is 2.40. The fourth-order valence-electron chi connectivity index (χ4n) is 4.43. The summed E-state index contributed by atoms with van der Waals surface area (Å²) in [5.74, 6) is 1.40. The van der Waals surface area contributed by atoms with E-state index in [2.05, 4.69) is 24.3 Å². The van der Waals surface area contributed by atoms with Crippen LogP contribution in [0.4, 0.5) is 0 Å². The van der Waals surface area contributed by atoms with Gasteiger partial charge in [0.05, 0.1) is 31.0 Å². The molecule has 1 aliphatic carbocycles. The largest absolute Gasteiger partial charge is 0.510 e. The maximum absolute atomic E-state index is 10.8. The van der Waals surface area contributed by atoms with Crippen molar-refractivity contribution < 1.29 is 9.84 Å². The number of hydrogen-bond acceptors (Lipinski definition) is 5. The van der Waals surface area contributed by atoms with Gasteiger partial charge in [0.15, 0.2) is 0 Å². The van der Waals surface area contributed by atoms with Crippen LogP contribution in [0.2, 0.25) is 0 Å². The SMILES string of the molecule is COc1ccc(-c2csc(C3=C(O)CN([C@H]4CCCc5ccccc54)C3=N)n2)cc1. The number of ether oxygens (including phenoxy) is 1. The number of nitrogens with one attached hydrogen (secondary N) is 1. The quantitative estimate of drug-likeness (QED) is 0.592. The van der Waals surface area contributed by atoms with Gasteiger partial charge in [0, 0.05) is 10.9 Å². The normalized spacial score (nSPS) is 18.6. The van der Waals surface area contributed by atoms with E-state index >= 15 is 0 Å². The lowest BCUT2D eigenvalue weighted by Crippen LogP contribution is -2.33. The first-order valence-corrected chi connectivity index (χ1v) is 11.0. The van der Waals surface area contributed by atoms with E-state index in [1.165, 1.54) is 22.5 Å². The maximum Gasteiger partial charge on any atom is 0.135 e. The summed E-state index contributed by atoms with van der Waals surface area (Å²) in [5, 5.41) is 22.3. The molecule has 3 aromatic rings. The molecule has 1 atom stereocenters. The van der Waals surface area contributed by atoms with Crippen molar-refractivity contribution in [1.82, 2.24) is 9.88 Å². The second-order valence-electron chi connectivity index (χ2n) is 7.67. The minimum absolute atomic E-state index is 0.128. The molecule has 5 rings (SSSR count). The van der Waals surface area contributed by atoms with Crippen molar-refractivity contribution in [2.75, 3.05) is 13.7 Å². The molecule has 1 aliphatic heterocycles. The van der Waals surface area contributed by atoms with Gasteiger partial charge in [0.1, 0.15) is 22.4 Å². The third kappa shape index (κ3) is 3.17. The number of fused-ring (bicyclic) bond motifs is 1. The van der Waals surface area contributed by atoms with Crippen molar-refractivity contribution in [3.63, 3.8) is 0 Å². The Morgan fingerprint density at radius 2 is 1.97 bits per heavy atom. The molecule has 152 valence electrons. The molecule has 0 spiro atoms. The molecule has 0 amide bonds. The van der Waals surface area contributed by atoms with Crippen molar-refractivity contribution in [2.24, 2.45) is 0 Å². The monoisotopic (exact) mass is 417 g/mol. The first-order chi connectivity index (χ1) is 14.7. The van der Waals surface area contributed by atoms with Gasteiger partial charge in [-0.2, -0.15) is 0 Å². The van der Waals surface area contributed by atoms with E-state index in [4.69, 9.17) is 15.1 Å². The van der Waals surface area contributed by atoms with Crippen molar-refractivity contribution in [3.8, 4) is 17.0 Å². The minimum atomic E-state index is 0.128. The fraction of sp³-hybridized carbons (Fsp3) is 0.250. The molecule has 30 heavy (non-hydrogen) atoms. The van der Waals surface area contributed by atoms with Crippen LogP contribution in [0.25, 0.3) is 16.8 Å². The lowest BCUT2D eigenvalue weighted by molar-refractivity contribution is 0.274. The van der Waals surface area contributed by atoms with Crippen LogP contribution in [0.15, 0.2) is 59.7 Å². The minimum Gasteiger partial charge on any atom is -0.510 e. The van der Waals surface area contributed by atoms with Gasteiger partial charge < -0.3 is 14.7 Å². The van der Waals surface area contributed by atoms with E-state index in [0.29, 0.717) is 23.0 Å². The second-order valence-corrected chi connectivity index (χ2v) is 8.53. The topological polar surface area (TPSA) is 69.4 Å². The van der Waals surface area contributed by atoms with Crippen molar-refractivity contribution >= 4 is 22.7 Å². The van der Waals surface area contributed by atoms with Crippen LogP contribution in [0.1, 0.15) is 35.0 Å². The average molecular weight is 418 g/mol. The molecule has 1 aromatic heterocycles. The number of amidine groups is 1. The Morgan fingerprint density at radius 3 is 2.77 bits per heavy atom.